The standard InChI is InChI=1S/C6H4F4O3/c1-5(7,8)6(9,10)3-2-12-4(11)13-3/h2H,1H3. The molecule has 1 aromatic heterocycles. The van der Waals surface area contributed by atoms with E-state index in [9.17, 15) is 22.4 Å². The van der Waals surface area contributed by atoms with Gasteiger partial charge in [0.2, 0.25) is 5.76 Å². The Labute approximate surface area is 68.9 Å². The van der Waals surface area contributed by atoms with Gasteiger partial charge in [-0.25, -0.2) is 4.79 Å². The molecule has 0 aliphatic rings. The topological polar surface area (TPSA) is 43.4 Å². The van der Waals surface area contributed by atoms with E-state index in [0.717, 1.165) is 0 Å². The van der Waals surface area contributed by atoms with Gasteiger partial charge in [-0.1, -0.05) is 0 Å². The minimum Gasteiger partial charge on any atom is -0.399 e. The molecule has 0 saturated heterocycles. The van der Waals surface area contributed by atoms with Crippen molar-refractivity contribution >= 4 is 0 Å². The van der Waals surface area contributed by atoms with Crippen LogP contribution in [-0.4, -0.2) is 5.92 Å². The van der Waals surface area contributed by atoms with Gasteiger partial charge in [0, 0.05) is 6.92 Å². The summed E-state index contributed by atoms with van der Waals surface area (Å²) in [4.78, 5) is 10.2. The zero-order chi connectivity index (χ0) is 10.3. The molecule has 0 spiro atoms. The van der Waals surface area contributed by atoms with Crippen LogP contribution in [0.3, 0.4) is 0 Å². The first kappa shape index (κ1) is 9.82. The molecule has 0 N–H and O–H groups in total. The van der Waals surface area contributed by atoms with Gasteiger partial charge in [-0.05, 0) is 0 Å². The summed E-state index contributed by atoms with van der Waals surface area (Å²) >= 11 is 0. The molecule has 13 heavy (non-hydrogen) atoms. The molecule has 7 heteroatoms. The normalized spacial score (nSPS) is 13.3. The van der Waals surface area contributed by atoms with Gasteiger partial charge >= 0.3 is 17.7 Å². The van der Waals surface area contributed by atoms with E-state index in [2.05, 4.69) is 8.83 Å². The fourth-order valence-corrected chi connectivity index (χ4v) is 0.594. The summed E-state index contributed by atoms with van der Waals surface area (Å²) in [5.74, 6) is -11.8. The molecule has 0 radical (unpaired) electrons. The minimum atomic E-state index is -4.54. The van der Waals surface area contributed by atoms with Crippen molar-refractivity contribution in [3.05, 3.63) is 22.6 Å². The van der Waals surface area contributed by atoms with Crippen LogP contribution >= 0.6 is 0 Å². The molecule has 74 valence electrons. The Morgan fingerprint density at radius 3 is 2.15 bits per heavy atom. The number of hydrogen-bond acceptors (Lipinski definition) is 3. The second-order valence-electron chi connectivity index (χ2n) is 2.41. The van der Waals surface area contributed by atoms with Gasteiger partial charge in [-0.2, -0.15) is 17.6 Å². The van der Waals surface area contributed by atoms with Gasteiger partial charge in [-0.15, -0.1) is 0 Å². The van der Waals surface area contributed by atoms with Crippen LogP contribution in [-0.2, 0) is 5.92 Å². The first-order chi connectivity index (χ1) is 5.75. The smallest absolute Gasteiger partial charge is 0.399 e. The zero-order valence-electron chi connectivity index (χ0n) is 6.31. The van der Waals surface area contributed by atoms with Crippen LogP contribution in [0.2, 0.25) is 0 Å². The summed E-state index contributed by atoms with van der Waals surface area (Å²) in [5, 5.41) is 0. The summed E-state index contributed by atoms with van der Waals surface area (Å²) in [6, 6.07) is 0. The molecule has 1 heterocycles. The van der Waals surface area contributed by atoms with Crippen LogP contribution in [0, 0.1) is 0 Å². The summed E-state index contributed by atoms with van der Waals surface area (Å²) < 4.78 is 57.3. The molecule has 0 atom stereocenters. The third-order valence-electron chi connectivity index (χ3n) is 1.32. The molecule has 0 bridgehead atoms. The van der Waals surface area contributed by atoms with Gasteiger partial charge in [-0.3, -0.25) is 0 Å². The van der Waals surface area contributed by atoms with Crippen molar-refractivity contribution in [3.63, 3.8) is 0 Å². The van der Waals surface area contributed by atoms with Crippen LogP contribution in [0.4, 0.5) is 17.6 Å². The molecule has 0 amide bonds. The Balaban J connectivity index is 3.14. The van der Waals surface area contributed by atoms with Crippen LogP contribution in [0.15, 0.2) is 19.9 Å². The van der Waals surface area contributed by atoms with Gasteiger partial charge in [0.25, 0.3) is 0 Å². The number of halogens is 4. The van der Waals surface area contributed by atoms with Crippen molar-refractivity contribution in [2.24, 2.45) is 0 Å². The molecule has 0 unspecified atom stereocenters. The van der Waals surface area contributed by atoms with Crippen molar-refractivity contribution in [3.8, 4) is 0 Å². The van der Waals surface area contributed by atoms with E-state index in [1.54, 1.807) is 0 Å². The summed E-state index contributed by atoms with van der Waals surface area (Å²) in [6.07, 6.45) is 0.166. The average molecular weight is 200 g/mol. The highest BCUT2D eigenvalue weighted by Gasteiger charge is 2.56. The summed E-state index contributed by atoms with van der Waals surface area (Å²) in [7, 11) is 0. The molecule has 3 nitrogen and oxygen atoms in total. The number of alkyl halides is 4. The van der Waals surface area contributed by atoms with Crippen molar-refractivity contribution in [1.29, 1.82) is 0 Å². The SMILES string of the molecule is CC(F)(F)C(F)(F)c1coc(=O)o1. The van der Waals surface area contributed by atoms with Crippen molar-refractivity contribution in [2.45, 2.75) is 18.8 Å². The fraction of sp³-hybridized carbons (Fsp3) is 0.500. The average Bonchev–Trinajstić information content (AvgIpc) is 2.33. The summed E-state index contributed by atoms with van der Waals surface area (Å²) in [6.45, 7) is 0.0139. The molecule has 1 rings (SSSR count). The lowest BCUT2D eigenvalue weighted by molar-refractivity contribution is -0.214. The molecule has 0 aliphatic heterocycles. The van der Waals surface area contributed by atoms with Gasteiger partial charge < -0.3 is 8.83 Å². The Bertz CT molecular complexity index is 345. The highest BCUT2D eigenvalue weighted by atomic mass is 19.3. The van der Waals surface area contributed by atoms with Crippen LogP contribution < -0.4 is 5.82 Å². The van der Waals surface area contributed by atoms with E-state index in [1.165, 1.54) is 0 Å². The largest absolute Gasteiger partial charge is 0.518 e. The maximum Gasteiger partial charge on any atom is 0.518 e. The highest BCUT2D eigenvalue weighted by Crippen LogP contribution is 2.41. The van der Waals surface area contributed by atoms with Crippen molar-refractivity contribution < 1.29 is 26.4 Å². The van der Waals surface area contributed by atoms with Gasteiger partial charge in [0.05, 0.1) is 0 Å². The lowest BCUT2D eigenvalue weighted by Crippen LogP contribution is -2.34. The Kier molecular flexibility index (Phi) is 1.97. The lowest BCUT2D eigenvalue weighted by atomic mass is 10.1. The molecule has 0 aromatic carbocycles. The number of rotatable bonds is 2. The third-order valence-corrected chi connectivity index (χ3v) is 1.32. The van der Waals surface area contributed by atoms with E-state index < -0.39 is 23.4 Å². The van der Waals surface area contributed by atoms with E-state index >= 15 is 0 Å². The maximum absolute atomic E-state index is 12.6. The van der Waals surface area contributed by atoms with Crippen molar-refractivity contribution in [2.75, 3.05) is 0 Å². The van der Waals surface area contributed by atoms with Crippen LogP contribution in [0.5, 0.6) is 0 Å². The molecular formula is C6H4F4O3. The first-order valence-electron chi connectivity index (χ1n) is 3.10. The lowest BCUT2D eigenvalue weighted by Gasteiger charge is -2.19. The van der Waals surface area contributed by atoms with Gasteiger partial charge in [0.1, 0.15) is 6.26 Å². The van der Waals surface area contributed by atoms with Crippen LogP contribution in [0.1, 0.15) is 12.7 Å². The van der Waals surface area contributed by atoms with Gasteiger partial charge in [0.15, 0.2) is 0 Å². The van der Waals surface area contributed by atoms with E-state index in [4.69, 9.17) is 0 Å². The first-order valence-corrected chi connectivity index (χ1v) is 3.10. The molecule has 0 fully saturated rings. The predicted molar refractivity (Wildman–Crippen MR) is 31.8 cm³/mol. The molecule has 1 aromatic rings. The molecule has 0 saturated carbocycles. The summed E-state index contributed by atoms with van der Waals surface area (Å²) in [5.41, 5.74) is 0. The minimum absolute atomic E-state index is 0.0139. The quantitative estimate of drug-likeness (QED) is 0.685. The van der Waals surface area contributed by atoms with Crippen molar-refractivity contribution in [1.82, 2.24) is 0 Å². The molecule has 0 aliphatic carbocycles. The van der Waals surface area contributed by atoms with E-state index in [0.29, 0.717) is 0 Å². The second-order valence-corrected chi connectivity index (χ2v) is 2.41. The van der Waals surface area contributed by atoms with Crippen LogP contribution in [0.25, 0.3) is 0 Å². The monoisotopic (exact) mass is 200 g/mol. The van der Waals surface area contributed by atoms with E-state index in [-0.39, 0.29) is 13.2 Å². The zero-order valence-corrected chi connectivity index (χ0v) is 6.31. The highest BCUT2D eigenvalue weighted by molar-refractivity contribution is 5.02. The maximum atomic E-state index is 12.6. The Morgan fingerprint density at radius 2 is 1.85 bits per heavy atom. The van der Waals surface area contributed by atoms with E-state index in [1.807, 2.05) is 0 Å². The second kappa shape index (κ2) is 2.61. The third kappa shape index (κ3) is 1.58. The Morgan fingerprint density at radius 1 is 1.31 bits per heavy atom. The predicted octanol–water partition coefficient (Wildman–Crippen LogP) is 1.98. The molecular weight excluding hydrogens is 196 g/mol. The Hall–Kier alpha value is -1.27. The number of hydrogen-bond donors (Lipinski definition) is 0. The fourth-order valence-electron chi connectivity index (χ4n) is 0.594.